The molecule has 0 unspecified atom stereocenters. The van der Waals surface area contributed by atoms with Crippen LogP contribution in [0.4, 0.5) is 0 Å². The standard InChI is InChI=1S/Ag.Na.O3Si/c;;1-4(2)3/q2*+1;-2. The summed E-state index contributed by atoms with van der Waals surface area (Å²) in [5.74, 6) is 0. The first kappa shape index (κ1) is 15.7. The molecule has 0 aliphatic rings. The zero-order valence-electron chi connectivity index (χ0n) is 3.03. The van der Waals surface area contributed by atoms with Crippen LogP contribution in [0.25, 0.3) is 0 Å². The maximum Gasteiger partial charge on any atom is 1.00 e. The Kier molecular flexibility index (Phi) is 25.1. The van der Waals surface area contributed by atoms with Crippen molar-refractivity contribution in [3.8, 4) is 0 Å². The average molecular weight is 207 g/mol. The summed E-state index contributed by atoms with van der Waals surface area (Å²) in [6.07, 6.45) is 0. The summed E-state index contributed by atoms with van der Waals surface area (Å²) in [6.45, 7) is 0. The largest absolute Gasteiger partial charge is 1.00 e. The van der Waals surface area contributed by atoms with Gasteiger partial charge in [-0.05, 0) is 0 Å². The molecule has 34 valence electrons. The third kappa shape index (κ3) is 55.2. The Labute approximate surface area is 74.5 Å². The summed E-state index contributed by atoms with van der Waals surface area (Å²) in [5.41, 5.74) is 0. The molecule has 0 aliphatic heterocycles. The predicted octanol–water partition coefficient (Wildman–Crippen LogP) is -5.88. The molecule has 3 nitrogen and oxygen atoms in total. The van der Waals surface area contributed by atoms with E-state index >= 15 is 0 Å². The number of hydrogen-bond donors (Lipinski definition) is 0. The van der Waals surface area contributed by atoms with Crippen LogP contribution in [-0.4, -0.2) is 9.17 Å². The second-order valence-electron chi connectivity index (χ2n) is 0.250. The Balaban J connectivity index is -0.0000000450. The van der Waals surface area contributed by atoms with Crippen molar-refractivity contribution in [1.82, 2.24) is 0 Å². The molecule has 0 fully saturated rings. The fourth-order valence-corrected chi connectivity index (χ4v) is 0. The fourth-order valence-electron chi connectivity index (χ4n) is 0. The van der Waals surface area contributed by atoms with E-state index < -0.39 is 9.17 Å². The molecule has 0 amide bonds. The van der Waals surface area contributed by atoms with E-state index in [2.05, 4.69) is 0 Å². The topological polar surface area (TPSA) is 63.2 Å². The van der Waals surface area contributed by atoms with Gasteiger partial charge in [-0.2, -0.15) is 0 Å². The Morgan fingerprint density at radius 1 is 1.33 bits per heavy atom. The minimum absolute atomic E-state index is 0. The van der Waals surface area contributed by atoms with Crippen molar-refractivity contribution in [2.24, 2.45) is 0 Å². The molecule has 6 heavy (non-hydrogen) atoms. The molecule has 0 aromatic carbocycles. The van der Waals surface area contributed by atoms with Crippen LogP contribution in [-0.2, 0) is 26.8 Å². The first-order valence-electron chi connectivity index (χ1n) is 0.612. The van der Waals surface area contributed by atoms with Gasteiger partial charge in [0.15, 0.2) is 0 Å². The predicted molar refractivity (Wildman–Crippen MR) is 6.44 cm³/mol. The average Bonchev–Trinajstić information content (AvgIpc) is 0.811. The van der Waals surface area contributed by atoms with Crippen LogP contribution in [0.15, 0.2) is 0 Å². The van der Waals surface area contributed by atoms with E-state index in [-0.39, 0.29) is 51.9 Å². The summed E-state index contributed by atoms with van der Waals surface area (Å²) in [7, 11) is -3.63. The van der Waals surface area contributed by atoms with E-state index in [9.17, 15) is 0 Å². The van der Waals surface area contributed by atoms with Crippen LogP contribution in [0.5, 0.6) is 0 Å². The van der Waals surface area contributed by atoms with Gasteiger partial charge >= 0.3 is 51.9 Å². The molecule has 0 saturated heterocycles. The number of hydrogen-bond acceptors (Lipinski definition) is 3. The van der Waals surface area contributed by atoms with Gasteiger partial charge in [0.2, 0.25) is 0 Å². The third-order valence-electron chi connectivity index (χ3n) is 0. The maximum atomic E-state index is 8.52. The Morgan fingerprint density at radius 2 is 1.33 bits per heavy atom. The zero-order valence-corrected chi connectivity index (χ0v) is 7.51. The van der Waals surface area contributed by atoms with Crippen LogP contribution in [0.1, 0.15) is 0 Å². The summed E-state index contributed by atoms with van der Waals surface area (Å²) >= 11 is 0. The van der Waals surface area contributed by atoms with Crippen molar-refractivity contribution >= 4 is 9.17 Å². The van der Waals surface area contributed by atoms with Crippen LogP contribution < -0.4 is 39.1 Å². The Hall–Kier alpha value is 1.36. The quantitative estimate of drug-likeness (QED) is 0.371. The van der Waals surface area contributed by atoms with Crippen LogP contribution in [0.3, 0.4) is 0 Å². The first-order chi connectivity index (χ1) is 1.73. The molecular weight excluding hydrogens is 207 g/mol. The zero-order chi connectivity index (χ0) is 3.58. The second-order valence-corrected chi connectivity index (χ2v) is 0.750. The number of rotatable bonds is 0. The normalized spacial score (nSPS) is 4.00. The van der Waals surface area contributed by atoms with Crippen LogP contribution in [0, 0.1) is 0 Å². The summed E-state index contributed by atoms with van der Waals surface area (Å²) in [6, 6.07) is 0. The van der Waals surface area contributed by atoms with Crippen molar-refractivity contribution in [2.45, 2.75) is 0 Å². The third-order valence-corrected chi connectivity index (χ3v) is 0. The Morgan fingerprint density at radius 3 is 1.33 bits per heavy atom. The van der Waals surface area contributed by atoms with E-state index in [0.717, 1.165) is 0 Å². The van der Waals surface area contributed by atoms with Crippen LogP contribution >= 0.6 is 0 Å². The monoisotopic (exact) mass is 206 g/mol. The molecule has 0 heterocycles. The van der Waals surface area contributed by atoms with E-state index in [1.54, 1.807) is 0 Å². The molecule has 6 heteroatoms. The van der Waals surface area contributed by atoms with E-state index in [4.69, 9.17) is 14.1 Å². The molecular formula is AgNaO3Si. The van der Waals surface area contributed by atoms with Gasteiger partial charge in [0.05, 0.1) is 0 Å². The van der Waals surface area contributed by atoms with Gasteiger partial charge in [-0.1, -0.05) is 0 Å². The van der Waals surface area contributed by atoms with Gasteiger partial charge in [0.1, 0.15) is 0 Å². The molecule has 0 aromatic heterocycles. The summed E-state index contributed by atoms with van der Waals surface area (Å²) in [4.78, 5) is 17.0. The first-order valence-corrected chi connectivity index (χ1v) is 1.84. The molecule has 0 spiro atoms. The SMILES string of the molecule is O=[Si]([O-])[O-].[Ag+].[Na+]. The second kappa shape index (κ2) is 9.61. The van der Waals surface area contributed by atoms with Gasteiger partial charge in [-0.25, -0.2) is 0 Å². The fraction of sp³-hybridized carbons (Fsp3) is 0. The molecule has 0 N–H and O–H groups in total. The van der Waals surface area contributed by atoms with Gasteiger partial charge < -0.3 is 14.1 Å². The minimum atomic E-state index is -3.63. The molecule has 0 rings (SSSR count). The van der Waals surface area contributed by atoms with Crippen molar-refractivity contribution in [1.29, 1.82) is 0 Å². The van der Waals surface area contributed by atoms with E-state index in [1.807, 2.05) is 0 Å². The van der Waals surface area contributed by atoms with E-state index in [0.29, 0.717) is 0 Å². The van der Waals surface area contributed by atoms with Crippen molar-refractivity contribution in [3.05, 3.63) is 0 Å². The van der Waals surface area contributed by atoms with Gasteiger partial charge in [0, 0.05) is 9.17 Å². The summed E-state index contributed by atoms with van der Waals surface area (Å²) in [5, 5.41) is 0. The molecule has 0 radical (unpaired) electrons. The van der Waals surface area contributed by atoms with Crippen molar-refractivity contribution in [2.75, 3.05) is 0 Å². The molecule has 0 saturated carbocycles. The van der Waals surface area contributed by atoms with Crippen LogP contribution in [0.2, 0.25) is 0 Å². The maximum absolute atomic E-state index is 8.52. The Bertz CT molecular complexity index is 33.8. The van der Waals surface area contributed by atoms with Crippen molar-refractivity contribution < 1.29 is 66.0 Å². The van der Waals surface area contributed by atoms with Gasteiger partial charge in [-0.3, -0.25) is 0 Å². The molecule has 0 aliphatic carbocycles. The molecule has 0 atom stereocenters. The molecule has 0 aromatic rings. The van der Waals surface area contributed by atoms with Gasteiger partial charge in [0.25, 0.3) is 0 Å². The smallest absolute Gasteiger partial charge is 0.672 e. The van der Waals surface area contributed by atoms with Crippen molar-refractivity contribution in [3.63, 3.8) is 0 Å². The summed E-state index contributed by atoms with van der Waals surface area (Å²) < 4.78 is 8.52. The molecule has 0 bridgehead atoms. The van der Waals surface area contributed by atoms with Gasteiger partial charge in [-0.15, -0.1) is 0 Å². The minimum Gasteiger partial charge on any atom is -0.672 e. The van der Waals surface area contributed by atoms with E-state index in [1.165, 1.54) is 0 Å².